The van der Waals surface area contributed by atoms with E-state index in [0.29, 0.717) is 20.6 Å². The van der Waals surface area contributed by atoms with Crippen LogP contribution in [0.4, 0.5) is 0 Å². The van der Waals surface area contributed by atoms with E-state index in [1.165, 1.54) is 0 Å². The van der Waals surface area contributed by atoms with Crippen LogP contribution in [0.3, 0.4) is 0 Å². The quantitative estimate of drug-likeness (QED) is 0.836. The van der Waals surface area contributed by atoms with Crippen LogP contribution in [-0.2, 0) is 0 Å². The fraction of sp³-hybridized carbons (Fsp3) is 0.0909. The minimum Gasteiger partial charge on any atom is -0.438 e. The zero-order chi connectivity index (χ0) is 12.4. The van der Waals surface area contributed by atoms with Gasteiger partial charge in [0, 0.05) is 0 Å². The van der Waals surface area contributed by atoms with E-state index in [2.05, 4.69) is 20.9 Å². The van der Waals surface area contributed by atoms with Gasteiger partial charge in [0.2, 0.25) is 5.88 Å². The molecule has 0 fully saturated rings. The molecule has 1 aromatic heterocycles. The summed E-state index contributed by atoms with van der Waals surface area (Å²) in [7, 11) is 0. The van der Waals surface area contributed by atoms with Crippen molar-refractivity contribution in [1.29, 1.82) is 5.41 Å². The summed E-state index contributed by atoms with van der Waals surface area (Å²) < 4.78 is 6.72. The molecule has 0 aliphatic rings. The topological polar surface area (TPSA) is 71.1 Å². The zero-order valence-corrected chi connectivity index (χ0v) is 10.6. The molecule has 1 aromatic carbocycles. The van der Waals surface area contributed by atoms with Gasteiger partial charge in [-0.1, -0.05) is 18.2 Å². The van der Waals surface area contributed by atoms with Crippen LogP contribution in [0.2, 0.25) is 0 Å². The number of ether oxygens (including phenoxy) is 1. The lowest BCUT2D eigenvalue weighted by atomic mass is 10.3. The van der Waals surface area contributed by atoms with E-state index in [0.717, 1.165) is 0 Å². The highest BCUT2D eigenvalue weighted by molar-refractivity contribution is 9.10. The van der Waals surface area contributed by atoms with Crippen LogP contribution in [0.15, 0.2) is 34.8 Å². The highest BCUT2D eigenvalue weighted by atomic mass is 79.9. The number of hydrogen-bond acceptors (Lipinski definition) is 4. The average Bonchev–Trinajstić information content (AvgIpc) is 2.35. The van der Waals surface area contributed by atoms with Crippen molar-refractivity contribution >= 4 is 15.9 Å². The van der Waals surface area contributed by atoms with Gasteiger partial charge >= 0.3 is 0 Å². The Morgan fingerprint density at radius 1 is 1.35 bits per heavy atom. The largest absolute Gasteiger partial charge is 0.438 e. The van der Waals surface area contributed by atoms with Gasteiger partial charge in [-0.15, -0.1) is 0 Å². The number of rotatable bonds is 2. The maximum absolute atomic E-state index is 9.46. The van der Waals surface area contributed by atoms with Crippen molar-refractivity contribution in [2.24, 2.45) is 0 Å². The predicted molar refractivity (Wildman–Crippen MR) is 64.2 cm³/mol. The summed E-state index contributed by atoms with van der Waals surface area (Å²) in [5.41, 5.74) is 0.174. The first-order valence-electron chi connectivity index (χ1n) is 4.85. The third kappa shape index (κ3) is 2.31. The zero-order valence-electron chi connectivity index (χ0n) is 9.01. The van der Waals surface area contributed by atoms with E-state index in [1.54, 1.807) is 19.1 Å². The standard InChI is InChI=1S/C11H10BrN3O2/c1-7-9(12)10(14-11(13)15(7)16)17-8-5-3-2-4-6-8/h2-6,13,16H,1H3. The maximum atomic E-state index is 9.46. The van der Waals surface area contributed by atoms with Gasteiger partial charge in [-0.05, 0) is 35.0 Å². The predicted octanol–water partition coefficient (Wildman–Crippen LogP) is 2.46. The minimum absolute atomic E-state index is 0.254. The van der Waals surface area contributed by atoms with Crippen molar-refractivity contribution in [3.05, 3.63) is 46.1 Å². The monoisotopic (exact) mass is 295 g/mol. The molecule has 2 aromatic rings. The number of nitrogens with zero attached hydrogens (tertiary/aromatic N) is 2. The van der Waals surface area contributed by atoms with Gasteiger partial charge in [-0.25, -0.2) is 0 Å². The Balaban J connectivity index is 2.44. The van der Waals surface area contributed by atoms with Gasteiger partial charge < -0.3 is 9.94 Å². The number of aromatic nitrogens is 2. The molecule has 0 unspecified atom stereocenters. The smallest absolute Gasteiger partial charge is 0.259 e. The Morgan fingerprint density at radius 3 is 2.65 bits per heavy atom. The third-order valence-corrected chi connectivity index (χ3v) is 3.10. The van der Waals surface area contributed by atoms with Crippen LogP contribution in [-0.4, -0.2) is 14.9 Å². The van der Waals surface area contributed by atoms with Crippen molar-refractivity contribution in [2.45, 2.75) is 6.92 Å². The Bertz CT molecular complexity index is 596. The van der Waals surface area contributed by atoms with Crippen molar-refractivity contribution in [2.75, 3.05) is 0 Å². The lowest BCUT2D eigenvalue weighted by molar-refractivity contribution is 0.155. The Labute approximate surface area is 106 Å². The molecule has 0 atom stereocenters. The first-order chi connectivity index (χ1) is 8.09. The molecule has 0 aliphatic carbocycles. The van der Waals surface area contributed by atoms with Crippen molar-refractivity contribution in [3.8, 4) is 11.6 Å². The molecule has 0 saturated heterocycles. The molecular weight excluding hydrogens is 286 g/mol. The molecule has 0 spiro atoms. The summed E-state index contributed by atoms with van der Waals surface area (Å²) in [6.07, 6.45) is 0. The van der Waals surface area contributed by atoms with Gasteiger partial charge in [-0.2, -0.15) is 9.71 Å². The van der Waals surface area contributed by atoms with E-state index in [4.69, 9.17) is 10.1 Å². The molecule has 5 nitrogen and oxygen atoms in total. The van der Waals surface area contributed by atoms with E-state index in [9.17, 15) is 5.21 Å². The molecule has 0 saturated carbocycles. The SMILES string of the molecule is Cc1c(Br)c(Oc2ccccc2)nc(=N)n1O. The molecule has 0 bridgehead atoms. The second-order valence-corrected chi connectivity index (χ2v) is 4.16. The van der Waals surface area contributed by atoms with Crippen LogP contribution >= 0.6 is 15.9 Å². The highest BCUT2D eigenvalue weighted by Crippen LogP contribution is 2.28. The maximum Gasteiger partial charge on any atom is 0.259 e. The van der Waals surface area contributed by atoms with E-state index < -0.39 is 0 Å². The lowest BCUT2D eigenvalue weighted by Gasteiger charge is -2.10. The van der Waals surface area contributed by atoms with Crippen molar-refractivity contribution < 1.29 is 9.94 Å². The summed E-state index contributed by atoms with van der Waals surface area (Å²) in [4.78, 5) is 3.84. The van der Waals surface area contributed by atoms with Crippen LogP contribution in [0.25, 0.3) is 0 Å². The van der Waals surface area contributed by atoms with E-state index in [-0.39, 0.29) is 11.5 Å². The minimum atomic E-state index is -0.281. The second kappa shape index (κ2) is 4.58. The molecule has 1 heterocycles. The number of benzene rings is 1. The van der Waals surface area contributed by atoms with Crippen molar-refractivity contribution in [1.82, 2.24) is 9.71 Å². The fourth-order valence-corrected chi connectivity index (χ4v) is 1.60. The summed E-state index contributed by atoms with van der Waals surface area (Å²) in [5, 5.41) is 16.9. The molecular formula is C11H10BrN3O2. The average molecular weight is 296 g/mol. The molecule has 2 rings (SSSR count). The molecule has 88 valence electrons. The van der Waals surface area contributed by atoms with Crippen LogP contribution in [0.5, 0.6) is 11.6 Å². The highest BCUT2D eigenvalue weighted by Gasteiger charge is 2.11. The molecule has 0 radical (unpaired) electrons. The lowest BCUT2D eigenvalue weighted by Crippen LogP contribution is -2.23. The van der Waals surface area contributed by atoms with Crippen molar-refractivity contribution in [3.63, 3.8) is 0 Å². The number of para-hydroxylation sites is 1. The Kier molecular flexibility index (Phi) is 3.14. The van der Waals surface area contributed by atoms with Gasteiger partial charge in [0.15, 0.2) is 0 Å². The molecule has 2 N–H and O–H groups in total. The summed E-state index contributed by atoms with van der Waals surface area (Å²) >= 11 is 3.27. The normalized spacial score (nSPS) is 10.2. The van der Waals surface area contributed by atoms with E-state index in [1.807, 2.05) is 18.2 Å². The third-order valence-electron chi connectivity index (χ3n) is 2.19. The molecule has 17 heavy (non-hydrogen) atoms. The van der Waals surface area contributed by atoms with Gasteiger partial charge in [0.05, 0.1) is 5.69 Å². The van der Waals surface area contributed by atoms with Crippen LogP contribution in [0.1, 0.15) is 5.69 Å². The van der Waals surface area contributed by atoms with Gasteiger partial charge in [0.25, 0.3) is 5.62 Å². The molecule has 6 heteroatoms. The number of hydrogen-bond donors (Lipinski definition) is 2. The molecule has 0 aliphatic heterocycles. The summed E-state index contributed by atoms with van der Waals surface area (Å²) in [6.45, 7) is 1.65. The Morgan fingerprint density at radius 2 is 2.00 bits per heavy atom. The Hall–Kier alpha value is -1.82. The van der Waals surface area contributed by atoms with Gasteiger partial charge in [-0.3, -0.25) is 5.41 Å². The number of halogens is 1. The molecule has 0 amide bonds. The first kappa shape index (κ1) is 11.7. The first-order valence-corrected chi connectivity index (χ1v) is 5.65. The van der Waals surface area contributed by atoms with Gasteiger partial charge in [0.1, 0.15) is 10.2 Å². The summed E-state index contributed by atoms with van der Waals surface area (Å²) in [6, 6.07) is 9.13. The van der Waals surface area contributed by atoms with Crippen LogP contribution < -0.4 is 10.4 Å². The second-order valence-electron chi connectivity index (χ2n) is 3.37. The van der Waals surface area contributed by atoms with Crippen LogP contribution in [0, 0.1) is 12.3 Å². The summed E-state index contributed by atoms with van der Waals surface area (Å²) in [5.74, 6) is 0.874. The fourth-order valence-electron chi connectivity index (χ4n) is 1.27. The number of nitrogens with one attached hydrogen (secondary N) is 1. The van der Waals surface area contributed by atoms with E-state index >= 15 is 0 Å².